The fourth-order valence-corrected chi connectivity index (χ4v) is 2.17. The summed E-state index contributed by atoms with van der Waals surface area (Å²) in [6.07, 6.45) is 3.70. The number of anilines is 1. The van der Waals surface area contributed by atoms with E-state index in [0.29, 0.717) is 6.04 Å². The lowest BCUT2D eigenvalue weighted by Crippen LogP contribution is -2.21. The Hall–Kier alpha value is -1.58. The van der Waals surface area contributed by atoms with E-state index >= 15 is 0 Å². The normalized spacial score (nSPS) is 16.6. The molecule has 0 heterocycles. The summed E-state index contributed by atoms with van der Waals surface area (Å²) in [5, 5.41) is 14.1. The van der Waals surface area contributed by atoms with Crippen molar-refractivity contribution in [2.45, 2.75) is 39.2 Å². The van der Waals surface area contributed by atoms with E-state index in [1.165, 1.54) is 12.8 Å². The van der Waals surface area contributed by atoms with E-state index in [-0.39, 0.29) is 10.6 Å². The number of nitrogens with zero attached hydrogens (tertiary/aromatic N) is 1. The average molecular weight is 234 g/mol. The van der Waals surface area contributed by atoms with Gasteiger partial charge in [-0.3, -0.25) is 10.1 Å². The van der Waals surface area contributed by atoms with Crippen LogP contribution >= 0.6 is 0 Å². The molecule has 0 radical (unpaired) electrons. The Bertz CT molecular complexity index is 427. The Morgan fingerprint density at radius 1 is 1.53 bits per heavy atom. The van der Waals surface area contributed by atoms with E-state index < -0.39 is 0 Å². The van der Waals surface area contributed by atoms with E-state index in [2.05, 4.69) is 12.2 Å². The molecule has 2 rings (SSSR count). The molecule has 0 bridgehead atoms. The van der Waals surface area contributed by atoms with Crippen LogP contribution in [-0.2, 0) is 0 Å². The highest BCUT2D eigenvalue weighted by molar-refractivity contribution is 5.56. The molecule has 0 saturated heterocycles. The quantitative estimate of drug-likeness (QED) is 0.626. The van der Waals surface area contributed by atoms with Crippen LogP contribution in [0.4, 0.5) is 11.4 Å². The minimum Gasteiger partial charge on any atom is -0.382 e. The zero-order chi connectivity index (χ0) is 12.4. The molecule has 1 saturated carbocycles. The van der Waals surface area contributed by atoms with Gasteiger partial charge in [0.05, 0.1) is 4.92 Å². The molecule has 0 aromatic heterocycles. The summed E-state index contributed by atoms with van der Waals surface area (Å²) in [5.41, 5.74) is 2.13. The number of rotatable bonds is 5. The summed E-state index contributed by atoms with van der Waals surface area (Å²) < 4.78 is 0. The second kappa shape index (κ2) is 4.73. The number of nitro groups is 1. The molecule has 1 aliphatic carbocycles. The lowest BCUT2D eigenvalue weighted by atomic mass is 10.1. The van der Waals surface area contributed by atoms with E-state index in [4.69, 9.17) is 0 Å². The first-order chi connectivity index (χ1) is 8.11. The molecule has 1 N–H and O–H groups in total. The summed E-state index contributed by atoms with van der Waals surface area (Å²) in [6, 6.07) is 5.52. The Morgan fingerprint density at radius 3 is 2.71 bits per heavy atom. The minimum absolute atomic E-state index is 0.160. The van der Waals surface area contributed by atoms with Crippen molar-refractivity contribution in [2.75, 3.05) is 5.32 Å². The van der Waals surface area contributed by atoms with E-state index in [1.807, 2.05) is 13.0 Å². The summed E-state index contributed by atoms with van der Waals surface area (Å²) in [6.45, 7) is 4.09. The topological polar surface area (TPSA) is 55.2 Å². The minimum atomic E-state index is -0.352. The largest absolute Gasteiger partial charge is 0.382 e. The van der Waals surface area contributed by atoms with Crippen LogP contribution in [0.25, 0.3) is 0 Å². The van der Waals surface area contributed by atoms with E-state index in [9.17, 15) is 10.1 Å². The highest BCUT2D eigenvalue weighted by atomic mass is 16.6. The molecule has 17 heavy (non-hydrogen) atoms. The number of non-ortho nitro benzene ring substituents is 1. The van der Waals surface area contributed by atoms with Crippen molar-refractivity contribution < 1.29 is 4.92 Å². The Kier molecular flexibility index (Phi) is 3.31. The molecule has 1 atom stereocenters. The highest BCUT2D eigenvalue weighted by Gasteiger charge is 2.30. The van der Waals surface area contributed by atoms with Gasteiger partial charge < -0.3 is 5.32 Å². The molecule has 1 aliphatic rings. The molecule has 0 spiro atoms. The van der Waals surface area contributed by atoms with Crippen LogP contribution in [0.15, 0.2) is 18.2 Å². The maximum Gasteiger partial charge on any atom is 0.269 e. The molecule has 92 valence electrons. The number of benzene rings is 1. The van der Waals surface area contributed by atoms with Crippen molar-refractivity contribution in [3.63, 3.8) is 0 Å². The third-order valence-corrected chi connectivity index (χ3v) is 3.39. The third kappa shape index (κ3) is 2.75. The Labute approximate surface area is 101 Å². The van der Waals surface area contributed by atoms with Crippen LogP contribution < -0.4 is 5.32 Å². The van der Waals surface area contributed by atoms with Crippen LogP contribution in [0.2, 0.25) is 0 Å². The van der Waals surface area contributed by atoms with Crippen molar-refractivity contribution in [3.05, 3.63) is 33.9 Å². The van der Waals surface area contributed by atoms with Crippen molar-refractivity contribution >= 4 is 11.4 Å². The summed E-state index contributed by atoms with van der Waals surface area (Å²) >= 11 is 0. The molecule has 0 aliphatic heterocycles. The molecular formula is C13H18N2O2. The number of hydrogen-bond acceptors (Lipinski definition) is 3. The maximum atomic E-state index is 10.6. The standard InChI is InChI=1S/C13H18N2O2/c1-3-12(10-4-5-10)14-13-7-6-11(15(16)17)8-9(13)2/h6-8,10,12,14H,3-5H2,1-2H3. The van der Waals surface area contributed by atoms with Crippen molar-refractivity contribution in [3.8, 4) is 0 Å². The lowest BCUT2D eigenvalue weighted by molar-refractivity contribution is -0.384. The first-order valence-corrected chi connectivity index (χ1v) is 6.13. The second-order valence-electron chi connectivity index (χ2n) is 4.75. The fourth-order valence-electron chi connectivity index (χ4n) is 2.17. The van der Waals surface area contributed by atoms with Gasteiger partial charge in [0.2, 0.25) is 0 Å². The molecule has 1 aromatic rings. The van der Waals surface area contributed by atoms with Gasteiger partial charge in [-0.1, -0.05) is 6.92 Å². The van der Waals surface area contributed by atoms with Crippen LogP contribution in [0.3, 0.4) is 0 Å². The van der Waals surface area contributed by atoms with E-state index in [0.717, 1.165) is 23.6 Å². The van der Waals surface area contributed by atoms with Crippen LogP contribution in [-0.4, -0.2) is 11.0 Å². The predicted octanol–water partition coefficient (Wildman–Crippen LogP) is 3.50. The number of hydrogen-bond donors (Lipinski definition) is 1. The van der Waals surface area contributed by atoms with Gasteiger partial charge in [0.25, 0.3) is 5.69 Å². The van der Waals surface area contributed by atoms with Gasteiger partial charge in [0.1, 0.15) is 0 Å². The smallest absolute Gasteiger partial charge is 0.269 e. The Balaban J connectivity index is 2.12. The average Bonchev–Trinajstić information content (AvgIpc) is 3.11. The zero-order valence-electron chi connectivity index (χ0n) is 10.3. The van der Waals surface area contributed by atoms with Crippen molar-refractivity contribution in [1.29, 1.82) is 0 Å². The number of aryl methyl sites for hydroxylation is 1. The molecule has 1 unspecified atom stereocenters. The molecule has 1 fully saturated rings. The zero-order valence-corrected chi connectivity index (χ0v) is 10.3. The Morgan fingerprint density at radius 2 is 2.24 bits per heavy atom. The van der Waals surface area contributed by atoms with E-state index in [1.54, 1.807) is 12.1 Å². The van der Waals surface area contributed by atoms with Gasteiger partial charge in [0.15, 0.2) is 0 Å². The molecule has 1 aromatic carbocycles. The summed E-state index contributed by atoms with van der Waals surface area (Å²) in [5.74, 6) is 0.787. The first kappa shape index (κ1) is 11.9. The second-order valence-corrected chi connectivity index (χ2v) is 4.75. The van der Waals surface area contributed by atoms with Crippen molar-refractivity contribution in [2.24, 2.45) is 5.92 Å². The third-order valence-electron chi connectivity index (χ3n) is 3.39. The molecule has 0 amide bonds. The maximum absolute atomic E-state index is 10.6. The SMILES string of the molecule is CCC(Nc1ccc([N+](=O)[O-])cc1C)C1CC1. The fraction of sp³-hybridized carbons (Fsp3) is 0.538. The van der Waals surface area contributed by atoms with Crippen LogP contribution in [0, 0.1) is 23.0 Å². The van der Waals surface area contributed by atoms with Gasteiger partial charge in [-0.2, -0.15) is 0 Å². The first-order valence-electron chi connectivity index (χ1n) is 6.13. The summed E-state index contributed by atoms with van der Waals surface area (Å²) in [4.78, 5) is 10.3. The van der Waals surface area contributed by atoms with Crippen LogP contribution in [0.5, 0.6) is 0 Å². The predicted molar refractivity (Wildman–Crippen MR) is 68.3 cm³/mol. The summed E-state index contributed by atoms with van der Waals surface area (Å²) in [7, 11) is 0. The highest BCUT2D eigenvalue weighted by Crippen LogP contribution is 2.36. The molecule has 4 nitrogen and oxygen atoms in total. The van der Waals surface area contributed by atoms with Gasteiger partial charge >= 0.3 is 0 Å². The van der Waals surface area contributed by atoms with Gasteiger partial charge in [0, 0.05) is 23.9 Å². The van der Waals surface area contributed by atoms with Crippen LogP contribution in [0.1, 0.15) is 31.7 Å². The number of nitrogens with one attached hydrogen (secondary N) is 1. The van der Waals surface area contributed by atoms with Crippen molar-refractivity contribution in [1.82, 2.24) is 0 Å². The van der Waals surface area contributed by atoms with Gasteiger partial charge in [-0.05, 0) is 43.7 Å². The monoisotopic (exact) mass is 234 g/mol. The molecular weight excluding hydrogens is 216 g/mol. The van der Waals surface area contributed by atoms with Gasteiger partial charge in [-0.15, -0.1) is 0 Å². The number of nitro benzene ring substituents is 1. The van der Waals surface area contributed by atoms with Gasteiger partial charge in [-0.25, -0.2) is 0 Å². The molecule has 4 heteroatoms. The lowest BCUT2D eigenvalue weighted by Gasteiger charge is -2.19.